The average Bonchev–Trinajstić information content (AvgIpc) is 3.22. The minimum Gasteiger partial charge on any atom is -0.465 e. The molecule has 1 aliphatic heterocycles. The Labute approximate surface area is 187 Å². The topological polar surface area (TPSA) is 64.4 Å². The van der Waals surface area contributed by atoms with Gasteiger partial charge in [0.25, 0.3) is 5.56 Å². The van der Waals surface area contributed by atoms with E-state index in [0.717, 1.165) is 42.1 Å². The molecule has 0 atom stereocenters. The van der Waals surface area contributed by atoms with Crippen molar-refractivity contribution in [1.29, 1.82) is 0 Å². The maximum absolute atomic E-state index is 13.0. The number of esters is 1. The normalized spacial score (nSPS) is 13.3. The van der Waals surface area contributed by atoms with Crippen molar-refractivity contribution in [2.75, 3.05) is 18.6 Å². The molecule has 156 valence electrons. The summed E-state index contributed by atoms with van der Waals surface area (Å²) >= 11 is 7.32. The molecule has 31 heavy (non-hydrogen) atoms. The zero-order valence-corrected chi connectivity index (χ0v) is 18.2. The average molecular weight is 452 g/mol. The van der Waals surface area contributed by atoms with Gasteiger partial charge in [0.15, 0.2) is 5.15 Å². The highest BCUT2D eigenvalue weighted by molar-refractivity contribution is 7.20. The fourth-order valence-electron chi connectivity index (χ4n) is 3.99. The van der Waals surface area contributed by atoms with Gasteiger partial charge in [-0.2, -0.15) is 0 Å². The summed E-state index contributed by atoms with van der Waals surface area (Å²) in [6.07, 6.45) is 2.03. The van der Waals surface area contributed by atoms with E-state index in [9.17, 15) is 9.59 Å². The third-order valence-corrected chi connectivity index (χ3v) is 6.66. The van der Waals surface area contributed by atoms with Crippen molar-refractivity contribution in [3.63, 3.8) is 0 Å². The number of fused-ring (bicyclic) bond motifs is 2. The van der Waals surface area contributed by atoms with Gasteiger partial charge in [-0.1, -0.05) is 35.9 Å². The first-order chi connectivity index (χ1) is 15.1. The van der Waals surface area contributed by atoms with Crippen LogP contribution in [0.3, 0.4) is 0 Å². The van der Waals surface area contributed by atoms with Crippen LogP contribution in [-0.4, -0.2) is 29.2 Å². The standard InChI is InChI=1S/C23H18ClN3O3S/c1-30-23(29)19-13-18-21(31-19)25-20(24)22(28)27(18)16-10-9-14-6-5-11-26(17(14)12-16)15-7-3-2-4-8-15/h2-4,7-10,12-13H,5-6,11H2,1H3. The van der Waals surface area contributed by atoms with Gasteiger partial charge < -0.3 is 9.64 Å². The SMILES string of the molecule is COC(=O)c1cc2c(nc(Cl)c(=O)n2-c2ccc3c(c2)N(c2ccccc2)CCC3)s1. The van der Waals surface area contributed by atoms with Crippen LogP contribution in [0.1, 0.15) is 21.7 Å². The van der Waals surface area contributed by atoms with E-state index in [1.807, 2.05) is 30.3 Å². The molecule has 6 nitrogen and oxygen atoms in total. The molecule has 0 amide bonds. The van der Waals surface area contributed by atoms with E-state index in [2.05, 4.69) is 28.1 Å². The lowest BCUT2D eigenvalue weighted by Gasteiger charge is -2.32. The van der Waals surface area contributed by atoms with Crippen LogP contribution in [-0.2, 0) is 11.2 Å². The fraction of sp³-hybridized carbons (Fsp3) is 0.174. The molecule has 0 saturated heterocycles. The number of anilines is 2. The maximum Gasteiger partial charge on any atom is 0.348 e. The Morgan fingerprint density at radius 1 is 1.13 bits per heavy atom. The molecule has 0 aliphatic carbocycles. The van der Waals surface area contributed by atoms with Gasteiger partial charge in [0.1, 0.15) is 9.71 Å². The van der Waals surface area contributed by atoms with Crippen LogP contribution in [0.25, 0.3) is 16.0 Å². The number of halogens is 1. The predicted octanol–water partition coefficient (Wildman–Crippen LogP) is 4.97. The highest BCUT2D eigenvalue weighted by Gasteiger charge is 2.22. The van der Waals surface area contributed by atoms with E-state index in [0.29, 0.717) is 20.9 Å². The zero-order valence-electron chi connectivity index (χ0n) is 16.7. The largest absolute Gasteiger partial charge is 0.465 e. The van der Waals surface area contributed by atoms with Gasteiger partial charge in [0, 0.05) is 17.9 Å². The molecule has 8 heteroatoms. The fourth-order valence-corrected chi connectivity index (χ4v) is 5.14. The summed E-state index contributed by atoms with van der Waals surface area (Å²) in [6.45, 7) is 0.896. The summed E-state index contributed by atoms with van der Waals surface area (Å²) in [7, 11) is 1.32. The summed E-state index contributed by atoms with van der Waals surface area (Å²) < 4.78 is 6.35. The van der Waals surface area contributed by atoms with E-state index >= 15 is 0 Å². The molecule has 3 heterocycles. The maximum atomic E-state index is 13.0. The monoisotopic (exact) mass is 451 g/mol. The molecule has 0 N–H and O–H groups in total. The van der Waals surface area contributed by atoms with Gasteiger partial charge in [0.2, 0.25) is 0 Å². The second kappa shape index (κ2) is 7.83. The zero-order chi connectivity index (χ0) is 21.5. The summed E-state index contributed by atoms with van der Waals surface area (Å²) in [5.74, 6) is -0.473. The predicted molar refractivity (Wildman–Crippen MR) is 123 cm³/mol. The summed E-state index contributed by atoms with van der Waals surface area (Å²) in [6, 6.07) is 17.8. The molecule has 1 aliphatic rings. The number of ether oxygens (including phenoxy) is 1. The van der Waals surface area contributed by atoms with E-state index in [4.69, 9.17) is 16.3 Å². The molecule has 2 aromatic carbocycles. The number of aryl methyl sites for hydroxylation is 1. The lowest BCUT2D eigenvalue weighted by atomic mass is 10.00. The Hall–Kier alpha value is -3.16. The number of rotatable bonds is 3. The van der Waals surface area contributed by atoms with Crippen LogP contribution in [0.4, 0.5) is 11.4 Å². The smallest absolute Gasteiger partial charge is 0.348 e. The molecular weight excluding hydrogens is 434 g/mol. The number of hydrogen-bond acceptors (Lipinski definition) is 6. The number of hydrogen-bond donors (Lipinski definition) is 0. The van der Waals surface area contributed by atoms with Gasteiger partial charge in [-0.3, -0.25) is 9.36 Å². The van der Waals surface area contributed by atoms with Gasteiger partial charge in [-0.15, -0.1) is 11.3 Å². The highest BCUT2D eigenvalue weighted by atomic mass is 35.5. The van der Waals surface area contributed by atoms with Gasteiger partial charge in [-0.05, 0) is 48.7 Å². The van der Waals surface area contributed by atoms with Crippen LogP contribution in [0.5, 0.6) is 0 Å². The second-order valence-electron chi connectivity index (χ2n) is 7.24. The van der Waals surface area contributed by atoms with E-state index in [1.165, 1.54) is 17.2 Å². The molecule has 2 aromatic heterocycles. The molecule has 5 rings (SSSR count). The second-order valence-corrected chi connectivity index (χ2v) is 8.63. The first kappa shape index (κ1) is 19.8. The lowest BCUT2D eigenvalue weighted by Crippen LogP contribution is -2.25. The Balaban J connectivity index is 1.71. The number of thiophene rings is 1. The molecule has 4 aromatic rings. The van der Waals surface area contributed by atoms with Crippen LogP contribution >= 0.6 is 22.9 Å². The molecule has 0 saturated carbocycles. The summed E-state index contributed by atoms with van der Waals surface area (Å²) in [5.41, 5.74) is 4.17. The van der Waals surface area contributed by atoms with Crippen LogP contribution < -0.4 is 10.5 Å². The van der Waals surface area contributed by atoms with Gasteiger partial charge in [0.05, 0.1) is 18.3 Å². The van der Waals surface area contributed by atoms with Crippen molar-refractivity contribution in [3.8, 4) is 5.69 Å². The van der Waals surface area contributed by atoms with E-state index in [-0.39, 0.29) is 5.15 Å². The third-order valence-electron chi connectivity index (χ3n) is 5.41. The molecule has 0 spiro atoms. The molecule has 0 bridgehead atoms. The summed E-state index contributed by atoms with van der Waals surface area (Å²) in [5, 5.41) is -0.136. The molecular formula is C23H18ClN3O3S. The van der Waals surface area contributed by atoms with Crippen molar-refractivity contribution < 1.29 is 9.53 Å². The third kappa shape index (κ3) is 3.40. The van der Waals surface area contributed by atoms with Crippen LogP contribution in [0, 0.1) is 0 Å². The molecule has 0 radical (unpaired) electrons. The van der Waals surface area contributed by atoms with E-state index < -0.39 is 11.5 Å². The minimum atomic E-state index is -0.473. The Morgan fingerprint density at radius 2 is 1.94 bits per heavy atom. The first-order valence-corrected chi connectivity index (χ1v) is 11.0. The first-order valence-electron chi connectivity index (χ1n) is 9.83. The Bertz CT molecular complexity index is 1360. The molecule has 0 fully saturated rings. The Morgan fingerprint density at radius 3 is 2.71 bits per heavy atom. The van der Waals surface area contributed by atoms with Gasteiger partial charge in [-0.25, -0.2) is 9.78 Å². The van der Waals surface area contributed by atoms with Crippen molar-refractivity contribution >= 4 is 50.6 Å². The number of aromatic nitrogens is 2. The van der Waals surface area contributed by atoms with Crippen molar-refractivity contribution in [2.24, 2.45) is 0 Å². The number of nitrogens with zero attached hydrogens (tertiary/aromatic N) is 3. The quantitative estimate of drug-likeness (QED) is 0.411. The van der Waals surface area contributed by atoms with Gasteiger partial charge >= 0.3 is 5.97 Å². The number of carbonyl (C=O) groups excluding carboxylic acids is 1. The van der Waals surface area contributed by atoms with Crippen molar-refractivity contribution in [3.05, 3.63) is 80.5 Å². The molecule has 0 unspecified atom stereocenters. The Kier molecular flexibility index (Phi) is 5.00. The van der Waals surface area contributed by atoms with Crippen molar-refractivity contribution in [2.45, 2.75) is 12.8 Å². The number of para-hydroxylation sites is 1. The number of carbonyl (C=O) groups is 1. The van der Waals surface area contributed by atoms with Crippen molar-refractivity contribution in [1.82, 2.24) is 9.55 Å². The minimum absolute atomic E-state index is 0.136. The number of benzene rings is 2. The number of methoxy groups -OCH3 is 1. The highest BCUT2D eigenvalue weighted by Crippen LogP contribution is 2.35. The summed E-state index contributed by atoms with van der Waals surface area (Å²) in [4.78, 5) is 32.3. The lowest BCUT2D eigenvalue weighted by molar-refractivity contribution is 0.0606. The van der Waals surface area contributed by atoms with Crippen LogP contribution in [0.15, 0.2) is 59.4 Å². The van der Waals surface area contributed by atoms with Crippen LogP contribution in [0.2, 0.25) is 5.15 Å². The van der Waals surface area contributed by atoms with E-state index in [1.54, 1.807) is 6.07 Å².